The van der Waals surface area contributed by atoms with Crippen molar-refractivity contribution < 1.29 is 22.3 Å². The fourth-order valence-electron chi connectivity index (χ4n) is 3.94. The van der Waals surface area contributed by atoms with Crippen LogP contribution in [0, 0.1) is 5.92 Å². The van der Waals surface area contributed by atoms with E-state index in [2.05, 4.69) is 11.9 Å². The van der Waals surface area contributed by atoms with Gasteiger partial charge in [0.2, 0.25) is 26.6 Å². The van der Waals surface area contributed by atoms with Crippen LogP contribution in [0.2, 0.25) is 5.02 Å². The maximum Gasteiger partial charge on any atom is 0.236 e. The van der Waals surface area contributed by atoms with E-state index in [1.807, 2.05) is 11.0 Å². The molecular formula is C23H23ClN2O5S. The summed E-state index contributed by atoms with van der Waals surface area (Å²) in [4.78, 5) is 6.48. The zero-order chi connectivity index (χ0) is 22.3. The zero-order valence-corrected chi connectivity index (χ0v) is 19.2. The van der Waals surface area contributed by atoms with Crippen LogP contribution in [0.15, 0.2) is 56.8 Å². The SMILES string of the molecule is CC1CCN(c2oc(-c3ccccc3Cl)nc2S(=O)(=O)c2ccc3c(c2)OCCO3)CC1. The van der Waals surface area contributed by atoms with E-state index in [0.717, 1.165) is 12.8 Å². The molecule has 1 aromatic heterocycles. The van der Waals surface area contributed by atoms with Gasteiger partial charge in [-0.1, -0.05) is 30.7 Å². The molecule has 2 aromatic carbocycles. The van der Waals surface area contributed by atoms with E-state index < -0.39 is 9.84 Å². The summed E-state index contributed by atoms with van der Waals surface area (Å²) in [6.07, 6.45) is 1.90. The van der Waals surface area contributed by atoms with Gasteiger partial charge < -0.3 is 18.8 Å². The normalized spacial score (nSPS) is 16.9. The van der Waals surface area contributed by atoms with Crippen molar-refractivity contribution in [2.24, 2.45) is 5.92 Å². The summed E-state index contributed by atoms with van der Waals surface area (Å²) in [5, 5.41) is 0.328. The largest absolute Gasteiger partial charge is 0.486 e. The number of halogens is 1. The molecule has 5 rings (SSSR count). The monoisotopic (exact) mass is 474 g/mol. The van der Waals surface area contributed by atoms with E-state index in [4.69, 9.17) is 25.5 Å². The third-order valence-electron chi connectivity index (χ3n) is 5.83. The summed E-state index contributed by atoms with van der Waals surface area (Å²) < 4.78 is 44.6. The Balaban J connectivity index is 1.62. The molecule has 9 heteroatoms. The minimum absolute atomic E-state index is 0.0763. The summed E-state index contributed by atoms with van der Waals surface area (Å²) in [6, 6.07) is 11.7. The highest BCUT2D eigenvalue weighted by Gasteiger charge is 2.33. The first-order chi connectivity index (χ1) is 15.4. The first kappa shape index (κ1) is 21.2. The van der Waals surface area contributed by atoms with Crippen molar-refractivity contribution in [2.75, 3.05) is 31.2 Å². The maximum atomic E-state index is 13.7. The smallest absolute Gasteiger partial charge is 0.236 e. The highest BCUT2D eigenvalue weighted by atomic mass is 35.5. The fourth-order valence-corrected chi connectivity index (χ4v) is 5.49. The predicted molar refractivity (Wildman–Crippen MR) is 120 cm³/mol. The molecule has 168 valence electrons. The van der Waals surface area contributed by atoms with Crippen LogP contribution in [0.1, 0.15) is 19.8 Å². The lowest BCUT2D eigenvalue weighted by molar-refractivity contribution is 0.171. The molecule has 7 nitrogen and oxygen atoms in total. The van der Waals surface area contributed by atoms with Gasteiger partial charge in [0.25, 0.3) is 0 Å². The number of hydrogen-bond acceptors (Lipinski definition) is 7. The molecule has 32 heavy (non-hydrogen) atoms. The van der Waals surface area contributed by atoms with Crippen LogP contribution in [0.5, 0.6) is 11.5 Å². The minimum atomic E-state index is -3.99. The van der Waals surface area contributed by atoms with Gasteiger partial charge >= 0.3 is 0 Å². The summed E-state index contributed by atoms with van der Waals surface area (Å²) in [5.74, 6) is 1.94. The number of ether oxygens (including phenoxy) is 2. The number of rotatable bonds is 4. The second-order valence-corrected chi connectivity index (χ2v) is 10.4. The Morgan fingerprint density at radius 2 is 1.75 bits per heavy atom. The molecular weight excluding hydrogens is 452 g/mol. The predicted octanol–water partition coefficient (Wildman–Crippen LogP) is 4.84. The van der Waals surface area contributed by atoms with Gasteiger partial charge in [-0.3, -0.25) is 0 Å². The van der Waals surface area contributed by atoms with Gasteiger partial charge in [0.1, 0.15) is 13.2 Å². The van der Waals surface area contributed by atoms with Crippen molar-refractivity contribution in [2.45, 2.75) is 29.7 Å². The van der Waals surface area contributed by atoms with Crippen LogP contribution in [0.3, 0.4) is 0 Å². The number of benzene rings is 2. The fraction of sp³-hybridized carbons (Fsp3) is 0.348. The average Bonchev–Trinajstić information content (AvgIpc) is 3.25. The van der Waals surface area contributed by atoms with E-state index in [1.54, 1.807) is 24.3 Å². The van der Waals surface area contributed by atoms with Crippen molar-refractivity contribution >= 4 is 27.3 Å². The summed E-state index contributed by atoms with van der Waals surface area (Å²) in [7, 11) is -3.99. The quantitative estimate of drug-likeness (QED) is 0.535. The van der Waals surface area contributed by atoms with Gasteiger partial charge in [-0.25, -0.2) is 8.42 Å². The zero-order valence-electron chi connectivity index (χ0n) is 17.6. The highest BCUT2D eigenvalue weighted by Crippen LogP contribution is 2.40. The number of piperidine rings is 1. The molecule has 0 aliphatic carbocycles. The van der Waals surface area contributed by atoms with Crippen molar-refractivity contribution in [3.63, 3.8) is 0 Å². The molecule has 0 unspecified atom stereocenters. The summed E-state index contributed by atoms with van der Waals surface area (Å²) in [5.41, 5.74) is 0.546. The van der Waals surface area contributed by atoms with E-state index in [1.165, 1.54) is 12.1 Å². The number of nitrogens with zero attached hydrogens (tertiary/aromatic N) is 2. The molecule has 0 spiro atoms. The average molecular weight is 475 g/mol. The molecule has 1 saturated heterocycles. The molecule has 0 N–H and O–H groups in total. The van der Waals surface area contributed by atoms with Gasteiger partial charge in [0.15, 0.2) is 11.5 Å². The lowest BCUT2D eigenvalue weighted by Crippen LogP contribution is -2.33. The molecule has 2 aliphatic rings. The number of hydrogen-bond donors (Lipinski definition) is 0. The van der Waals surface area contributed by atoms with Gasteiger partial charge in [-0.05, 0) is 43.0 Å². The van der Waals surface area contributed by atoms with Gasteiger partial charge in [-0.15, -0.1) is 0 Å². The Hall–Kier alpha value is -2.71. The van der Waals surface area contributed by atoms with E-state index in [-0.39, 0.29) is 21.7 Å². The molecule has 1 fully saturated rings. The Morgan fingerprint density at radius 1 is 1.03 bits per heavy atom. The number of sulfone groups is 1. The van der Waals surface area contributed by atoms with Crippen LogP contribution >= 0.6 is 11.6 Å². The van der Waals surface area contributed by atoms with Crippen LogP contribution in [-0.2, 0) is 9.84 Å². The van der Waals surface area contributed by atoms with Gasteiger partial charge in [0.05, 0.1) is 15.5 Å². The standard InChI is InChI=1S/C23H23ClN2O5S/c1-15-8-10-26(11-9-15)23-22(25-21(31-23)17-4-2-3-5-18(17)24)32(27,28)16-6-7-19-20(14-16)30-13-12-29-19/h2-7,14-15H,8-13H2,1H3. The molecule has 3 aromatic rings. The third-order valence-corrected chi connectivity index (χ3v) is 7.81. The third kappa shape index (κ3) is 3.82. The van der Waals surface area contributed by atoms with Crippen LogP contribution in [0.25, 0.3) is 11.5 Å². The minimum Gasteiger partial charge on any atom is -0.486 e. The van der Waals surface area contributed by atoms with Crippen LogP contribution in [-0.4, -0.2) is 39.7 Å². The maximum absolute atomic E-state index is 13.7. The summed E-state index contributed by atoms with van der Waals surface area (Å²) >= 11 is 6.34. The summed E-state index contributed by atoms with van der Waals surface area (Å²) in [6.45, 7) is 4.39. The molecule has 0 radical (unpaired) electrons. The molecule has 3 heterocycles. The van der Waals surface area contributed by atoms with Crippen LogP contribution in [0.4, 0.5) is 5.88 Å². The Bertz CT molecular complexity index is 1250. The molecule has 0 saturated carbocycles. The topological polar surface area (TPSA) is 81.9 Å². The van der Waals surface area contributed by atoms with Gasteiger partial charge in [0, 0.05) is 19.2 Å². The second kappa shape index (κ2) is 8.33. The number of anilines is 1. The van der Waals surface area contributed by atoms with Crippen LogP contribution < -0.4 is 14.4 Å². The molecule has 0 bridgehead atoms. The molecule has 2 aliphatic heterocycles. The Kier molecular flexibility index (Phi) is 5.51. The number of fused-ring (bicyclic) bond motifs is 1. The lowest BCUT2D eigenvalue weighted by Gasteiger charge is -2.30. The van der Waals surface area contributed by atoms with E-state index in [0.29, 0.717) is 54.3 Å². The van der Waals surface area contributed by atoms with E-state index >= 15 is 0 Å². The van der Waals surface area contributed by atoms with Crippen molar-refractivity contribution in [1.29, 1.82) is 0 Å². The first-order valence-corrected chi connectivity index (χ1v) is 12.4. The molecule has 0 amide bonds. The van der Waals surface area contributed by atoms with Crippen molar-refractivity contribution in [3.8, 4) is 23.0 Å². The lowest BCUT2D eigenvalue weighted by atomic mass is 9.99. The molecule has 0 atom stereocenters. The second-order valence-electron chi connectivity index (χ2n) is 8.09. The Morgan fingerprint density at radius 3 is 2.50 bits per heavy atom. The van der Waals surface area contributed by atoms with Crippen molar-refractivity contribution in [3.05, 3.63) is 47.5 Å². The number of aromatic nitrogens is 1. The van der Waals surface area contributed by atoms with E-state index in [9.17, 15) is 8.42 Å². The van der Waals surface area contributed by atoms with Crippen molar-refractivity contribution in [1.82, 2.24) is 4.98 Å². The number of oxazole rings is 1. The Labute approximate surface area is 191 Å². The highest BCUT2D eigenvalue weighted by molar-refractivity contribution is 7.91. The van der Waals surface area contributed by atoms with Gasteiger partial charge in [-0.2, -0.15) is 4.98 Å². The first-order valence-electron chi connectivity index (χ1n) is 10.6.